The van der Waals surface area contributed by atoms with Gasteiger partial charge in [0.15, 0.2) is 0 Å². The first-order valence-corrected chi connectivity index (χ1v) is 22.5. The van der Waals surface area contributed by atoms with E-state index >= 15 is 0 Å². The van der Waals surface area contributed by atoms with Crippen LogP contribution in [0.15, 0.2) is 243 Å². The molecule has 0 aliphatic carbocycles. The van der Waals surface area contributed by atoms with Crippen LogP contribution in [-0.2, 0) is 0 Å². The van der Waals surface area contributed by atoms with E-state index in [2.05, 4.69) is 263 Å². The first kappa shape index (κ1) is 39.0. The van der Waals surface area contributed by atoms with Gasteiger partial charge in [-0.2, -0.15) is 0 Å². The van der Waals surface area contributed by atoms with Gasteiger partial charge in [0, 0.05) is 52.2 Å². The van der Waals surface area contributed by atoms with Crippen LogP contribution >= 0.6 is 0 Å². The Labute approximate surface area is 385 Å². The molecule has 314 valence electrons. The number of hydrogen-bond acceptors (Lipinski definition) is 4. The minimum Gasteiger partial charge on any atom is -0.355 e. The van der Waals surface area contributed by atoms with E-state index in [0.717, 1.165) is 85.0 Å². The van der Waals surface area contributed by atoms with E-state index < -0.39 is 0 Å². The number of pyridine rings is 1. The minimum absolute atomic E-state index is 0.757. The number of anilines is 6. The van der Waals surface area contributed by atoms with Gasteiger partial charge in [-0.1, -0.05) is 176 Å². The molecule has 1 aliphatic heterocycles. The minimum atomic E-state index is 0.757. The van der Waals surface area contributed by atoms with Gasteiger partial charge in [-0.3, -0.25) is 4.57 Å². The van der Waals surface area contributed by atoms with Gasteiger partial charge < -0.3 is 14.7 Å². The average Bonchev–Trinajstić information content (AvgIpc) is 3.91. The molecule has 12 rings (SSSR count). The molecule has 0 saturated heterocycles. The molecule has 0 N–H and O–H groups in total. The molecule has 0 fully saturated rings. The number of benzene rings is 9. The topological polar surface area (TPSA) is 27.5 Å². The molecule has 2 aromatic heterocycles. The van der Waals surface area contributed by atoms with Crippen LogP contribution in [0.4, 0.5) is 34.1 Å². The van der Waals surface area contributed by atoms with Crippen molar-refractivity contribution in [3.63, 3.8) is 0 Å². The summed E-state index contributed by atoms with van der Waals surface area (Å²) in [6, 6.07) is 85.3. The van der Waals surface area contributed by atoms with Gasteiger partial charge >= 0.3 is 0 Å². The Morgan fingerprint density at radius 1 is 0.409 bits per heavy atom. The van der Waals surface area contributed by atoms with Gasteiger partial charge in [0.25, 0.3) is 0 Å². The van der Waals surface area contributed by atoms with Gasteiger partial charge in [-0.25, -0.2) is 4.98 Å². The summed E-state index contributed by atoms with van der Waals surface area (Å²) in [5.41, 5.74) is 18.1. The second-order valence-corrected chi connectivity index (χ2v) is 16.9. The zero-order valence-corrected chi connectivity index (χ0v) is 36.5. The van der Waals surface area contributed by atoms with Crippen LogP contribution in [0.2, 0.25) is 0 Å². The number of para-hydroxylation sites is 4. The van der Waals surface area contributed by atoms with Crippen molar-refractivity contribution in [3.8, 4) is 50.3 Å². The number of rotatable bonds is 9. The van der Waals surface area contributed by atoms with Crippen molar-refractivity contribution < 1.29 is 0 Å². The lowest BCUT2D eigenvalue weighted by molar-refractivity contribution is 0.949. The normalized spacial score (nSPS) is 12.2. The maximum absolute atomic E-state index is 5.13. The van der Waals surface area contributed by atoms with Crippen molar-refractivity contribution in [2.24, 2.45) is 0 Å². The second-order valence-electron chi connectivity index (χ2n) is 16.9. The van der Waals surface area contributed by atoms with Crippen molar-refractivity contribution in [1.29, 1.82) is 0 Å². The first-order valence-electron chi connectivity index (χ1n) is 22.5. The van der Waals surface area contributed by atoms with Crippen LogP contribution in [0.5, 0.6) is 0 Å². The summed E-state index contributed by atoms with van der Waals surface area (Å²) in [6.07, 6.45) is 1.95. The third-order valence-corrected chi connectivity index (χ3v) is 13.0. The summed E-state index contributed by atoms with van der Waals surface area (Å²) < 4.78 is 2.34. The molecule has 9 aromatic carbocycles. The number of hydrogen-bond donors (Lipinski definition) is 0. The Balaban J connectivity index is 1.10. The molecule has 3 heterocycles. The van der Waals surface area contributed by atoms with Crippen LogP contribution in [0.3, 0.4) is 0 Å². The molecule has 66 heavy (non-hydrogen) atoms. The summed E-state index contributed by atoms with van der Waals surface area (Å²) in [4.78, 5) is 12.3. The van der Waals surface area contributed by atoms with Crippen molar-refractivity contribution >= 4 is 55.9 Å². The molecule has 1 aliphatic rings. The maximum atomic E-state index is 5.13. The van der Waals surface area contributed by atoms with Crippen LogP contribution in [0, 0.1) is 0 Å². The fraction of sp³-hybridized carbons (Fsp3) is 0.0328. The van der Waals surface area contributed by atoms with Gasteiger partial charge in [0.2, 0.25) is 0 Å². The van der Waals surface area contributed by atoms with Crippen molar-refractivity contribution in [3.05, 3.63) is 243 Å². The Kier molecular flexibility index (Phi) is 9.72. The zero-order valence-electron chi connectivity index (χ0n) is 36.5. The first-order chi connectivity index (χ1) is 32.7. The molecule has 0 bridgehead atoms. The van der Waals surface area contributed by atoms with Crippen LogP contribution < -0.4 is 14.7 Å². The molecule has 5 nitrogen and oxygen atoms in total. The average molecular weight is 848 g/mol. The summed E-state index contributed by atoms with van der Waals surface area (Å²) in [5.74, 6) is 0.860. The largest absolute Gasteiger partial charge is 0.355 e. The summed E-state index contributed by atoms with van der Waals surface area (Å²) in [7, 11) is 2.16. The van der Waals surface area contributed by atoms with E-state index in [1.165, 1.54) is 27.9 Å². The number of nitrogens with zero attached hydrogens (tertiary/aromatic N) is 5. The number of aromatic nitrogens is 2. The molecular formula is C61H45N5. The summed E-state index contributed by atoms with van der Waals surface area (Å²) in [6.45, 7) is 0.757. The predicted molar refractivity (Wildman–Crippen MR) is 277 cm³/mol. The van der Waals surface area contributed by atoms with E-state index in [4.69, 9.17) is 4.98 Å². The molecule has 0 unspecified atom stereocenters. The lowest BCUT2D eigenvalue weighted by Crippen LogP contribution is -2.24. The molecular weight excluding hydrogens is 803 g/mol. The highest BCUT2D eigenvalue weighted by Crippen LogP contribution is 2.49. The van der Waals surface area contributed by atoms with Gasteiger partial charge in [0.05, 0.1) is 34.8 Å². The van der Waals surface area contributed by atoms with E-state index in [-0.39, 0.29) is 0 Å². The molecule has 0 radical (unpaired) electrons. The van der Waals surface area contributed by atoms with Crippen LogP contribution in [0.25, 0.3) is 72.1 Å². The molecule has 11 aromatic rings. The number of fused-ring (bicyclic) bond motifs is 4. The van der Waals surface area contributed by atoms with E-state index in [1.807, 2.05) is 6.20 Å². The molecule has 5 heteroatoms. The summed E-state index contributed by atoms with van der Waals surface area (Å²) >= 11 is 0. The lowest BCUT2D eigenvalue weighted by Gasteiger charge is -2.31. The molecule has 0 spiro atoms. The highest BCUT2D eigenvalue weighted by atomic mass is 15.4. The monoisotopic (exact) mass is 847 g/mol. The Hall–Kier alpha value is -8.67. The molecule has 0 amide bonds. The fourth-order valence-electron chi connectivity index (χ4n) is 9.95. The van der Waals surface area contributed by atoms with Crippen molar-refractivity contribution in [2.75, 3.05) is 28.4 Å². The Morgan fingerprint density at radius 2 is 0.955 bits per heavy atom. The SMILES string of the molecule is CN1CN(c2cccc(N(c3ccc4c5ccccc5n(-c5cc(-c6ccccc6-c6ccccc6)ccn5)c4c3)c3c(-c4ccccc4)cccc3-c3ccccc3)c2)c2ccccc21. The van der Waals surface area contributed by atoms with Crippen molar-refractivity contribution in [1.82, 2.24) is 9.55 Å². The third kappa shape index (κ3) is 6.77. The van der Waals surface area contributed by atoms with E-state index in [1.54, 1.807) is 0 Å². The molecule has 0 saturated carbocycles. The van der Waals surface area contributed by atoms with E-state index in [9.17, 15) is 0 Å². The fourth-order valence-corrected chi connectivity index (χ4v) is 9.95. The van der Waals surface area contributed by atoms with Crippen LogP contribution in [-0.4, -0.2) is 23.3 Å². The quantitative estimate of drug-likeness (QED) is 0.145. The second kappa shape index (κ2) is 16.5. The van der Waals surface area contributed by atoms with Crippen LogP contribution in [0.1, 0.15) is 0 Å². The van der Waals surface area contributed by atoms with Crippen molar-refractivity contribution in [2.45, 2.75) is 0 Å². The van der Waals surface area contributed by atoms with Gasteiger partial charge in [-0.15, -0.1) is 0 Å². The highest BCUT2D eigenvalue weighted by molar-refractivity contribution is 6.11. The van der Waals surface area contributed by atoms with Gasteiger partial charge in [-0.05, 0) is 94.0 Å². The smallest absolute Gasteiger partial charge is 0.138 e. The zero-order chi connectivity index (χ0) is 44.0. The van der Waals surface area contributed by atoms with E-state index in [0.29, 0.717) is 0 Å². The lowest BCUT2D eigenvalue weighted by atomic mass is 9.94. The molecule has 0 atom stereocenters. The standard InChI is InChI=1S/C61H45N5/c1-63-42-64(58-34-16-15-33-57(58)63)47-25-17-26-48(40-47)65(61-52(44-21-7-3-8-22-44)30-18-31-53(61)45-23-9-4-10-24-45)49-35-36-55-54-29-13-14-32-56(54)66(59(55)41-49)60-39-46(37-38-62-60)51-28-12-11-27-50(51)43-19-5-2-6-20-43/h2-41H,42H2,1H3. The summed E-state index contributed by atoms with van der Waals surface area (Å²) in [5, 5.41) is 2.34. The predicted octanol–water partition coefficient (Wildman–Crippen LogP) is 15.9. The Morgan fingerprint density at radius 3 is 1.67 bits per heavy atom. The third-order valence-electron chi connectivity index (χ3n) is 13.0. The van der Waals surface area contributed by atoms with Gasteiger partial charge in [0.1, 0.15) is 5.82 Å². The maximum Gasteiger partial charge on any atom is 0.138 e. The Bertz CT molecular complexity index is 3490. The highest BCUT2D eigenvalue weighted by Gasteiger charge is 2.27.